The fourth-order valence-electron chi connectivity index (χ4n) is 1.39. The van der Waals surface area contributed by atoms with E-state index in [1.165, 1.54) is 6.07 Å². The minimum Gasteiger partial charge on any atom is -0.333 e. The summed E-state index contributed by atoms with van der Waals surface area (Å²) in [5.41, 5.74) is 0.735. The first-order chi connectivity index (χ1) is 7.57. The third-order valence-electron chi connectivity index (χ3n) is 2.37. The molecule has 0 saturated heterocycles. The van der Waals surface area contributed by atoms with Crippen molar-refractivity contribution in [1.82, 2.24) is 0 Å². The summed E-state index contributed by atoms with van der Waals surface area (Å²) in [7, 11) is 0. The van der Waals surface area contributed by atoms with Crippen molar-refractivity contribution in [3.8, 4) is 0 Å². The second kappa shape index (κ2) is 4.45. The molecule has 1 aromatic carbocycles. The molecule has 0 aliphatic carbocycles. The van der Waals surface area contributed by atoms with Crippen molar-refractivity contribution >= 4 is 22.6 Å². The van der Waals surface area contributed by atoms with Crippen molar-refractivity contribution in [1.29, 1.82) is 0 Å². The third-order valence-corrected chi connectivity index (χ3v) is 3.80. The molecule has 86 valence electrons. The Morgan fingerprint density at radius 2 is 2.12 bits per heavy atom. The van der Waals surface area contributed by atoms with Crippen molar-refractivity contribution in [3.05, 3.63) is 30.1 Å². The minimum absolute atomic E-state index is 0.240. The predicted molar refractivity (Wildman–Crippen MR) is 68.6 cm³/mol. The summed E-state index contributed by atoms with van der Waals surface area (Å²) in [4.78, 5) is 4.42. The summed E-state index contributed by atoms with van der Waals surface area (Å²) in [6, 6.07) is 6.65. The average Bonchev–Trinajstić information content (AvgIpc) is 2.24. The first-order valence-corrected chi connectivity index (χ1v) is 6.24. The molecule has 0 saturated carbocycles. The maximum Gasteiger partial charge on any atom is 0.161 e. The van der Waals surface area contributed by atoms with Crippen LogP contribution in [0.3, 0.4) is 0 Å². The van der Waals surface area contributed by atoms with Gasteiger partial charge in [-0.05, 0) is 17.5 Å². The van der Waals surface area contributed by atoms with Gasteiger partial charge in [-0.25, -0.2) is 4.39 Å². The fourth-order valence-corrected chi connectivity index (χ4v) is 2.35. The summed E-state index contributed by atoms with van der Waals surface area (Å²) in [5.74, 6) is 0.767. The van der Waals surface area contributed by atoms with Gasteiger partial charge in [0.1, 0.15) is 5.82 Å². The monoisotopic (exact) mass is 238 g/mol. The SMILES string of the molecule is CC1(C)CN=C(Nc2ccccc2F)SC1. The number of hydrogen-bond acceptors (Lipinski definition) is 3. The minimum atomic E-state index is -0.240. The van der Waals surface area contributed by atoms with Gasteiger partial charge >= 0.3 is 0 Å². The van der Waals surface area contributed by atoms with Crippen molar-refractivity contribution in [2.45, 2.75) is 13.8 Å². The van der Waals surface area contributed by atoms with Gasteiger partial charge in [-0.15, -0.1) is 0 Å². The van der Waals surface area contributed by atoms with Crippen LogP contribution in [-0.2, 0) is 0 Å². The number of thioether (sulfide) groups is 1. The van der Waals surface area contributed by atoms with Crippen molar-refractivity contribution in [3.63, 3.8) is 0 Å². The highest BCUT2D eigenvalue weighted by Crippen LogP contribution is 2.28. The van der Waals surface area contributed by atoms with E-state index in [4.69, 9.17) is 0 Å². The van der Waals surface area contributed by atoms with Gasteiger partial charge in [0.15, 0.2) is 5.17 Å². The van der Waals surface area contributed by atoms with E-state index in [9.17, 15) is 4.39 Å². The summed E-state index contributed by atoms with van der Waals surface area (Å²) in [5, 5.41) is 3.83. The molecule has 1 aliphatic heterocycles. The van der Waals surface area contributed by atoms with Gasteiger partial charge in [-0.1, -0.05) is 37.7 Å². The zero-order chi connectivity index (χ0) is 11.6. The van der Waals surface area contributed by atoms with Crippen molar-refractivity contribution in [2.75, 3.05) is 17.6 Å². The number of rotatable bonds is 1. The average molecular weight is 238 g/mol. The van der Waals surface area contributed by atoms with Gasteiger partial charge in [-0.2, -0.15) is 0 Å². The van der Waals surface area contributed by atoms with E-state index in [0.717, 1.165) is 17.5 Å². The van der Waals surface area contributed by atoms with Gasteiger partial charge < -0.3 is 5.32 Å². The Morgan fingerprint density at radius 1 is 1.38 bits per heavy atom. The number of hydrogen-bond donors (Lipinski definition) is 1. The second-order valence-electron chi connectivity index (χ2n) is 4.68. The summed E-state index contributed by atoms with van der Waals surface area (Å²) < 4.78 is 13.4. The van der Waals surface area contributed by atoms with Crippen LogP contribution >= 0.6 is 11.8 Å². The topological polar surface area (TPSA) is 24.4 Å². The smallest absolute Gasteiger partial charge is 0.161 e. The Morgan fingerprint density at radius 3 is 2.75 bits per heavy atom. The zero-order valence-corrected chi connectivity index (χ0v) is 10.3. The highest BCUT2D eigenvalue weighted by atomic mass is 32.2. The van der Waals surface area contributed by atoms with Crippen molar-refractivity contribution < 1.29 is 4.39 Å². The fraction of sp³-hybridized carbons (Fsp3) is 0.417. The highest BCUT2D eigenvalue weighted by molar-refractivity contribution is 8.14. The highest BCUT2D eigenvalue weighted by Gasteiger charge is 2.23. The van der Waals surface area contributed by atoms with E-state index in [1.54, 1.807) is 23.9 Å². The summed E-state index contributed by atoms with van der Waals surface area (Å²) >= 11 is 1.65. The molecule has 2 rings (SSSR count). The lowest BCUT2D eigenvalue weighted by Gasteiger charge is -2.27. The number of nitrogens with one attached hydrogen (secondary N) is 1. The van der Waals surface area contributed by atoms with Gasteiger partial charge in [-0.3, -0.25) is 4.99 Å². The molecular weight excluding hydrogens is 223 g/mol. The predicted octanol–water partition coefficient (Wildman–Crippen LogP) is 3.37. The van der Waals surface area contributed by atoms with Crippen LogP contribution in [0.25, 0.3) is 0 Å². The van der Waals surface area contributed by atoms with E-state index in [2.05, 4.69) is 24.2 Å². The van der Waals surface area contributed by atoms with Crippen LogP contribution in [0.1, 0.15) is 13.8 Å². The lowest BCUT2D eigenvalue weighted by Crippen LogP contribution is -2.27. The lowest BCUT2D eigenvalue weighted by molar-refractivity contribution is 0.438. The van der Waals surface area contributed by atoms with Gasteiger partial charge in [0.2, 0.25) is 0 Å². The number of amidine groups is 1. The van der Waals surface area contributed by atoms with Gasteiger partial charge in [0, 0.05) is 12.3 Å². The van der Waals surface area contributed by atoms with E-state index >= 15 is 0 Å². The molecule has 0 fully saturated rings. The normalized spacial score (nSPS) is 19.1. The number of nitrogens with zero attached hydrogens (tertiary/aromatic N) is 1. The van der Waals surface area contributed by atoms with Crippen LogP contribution in [0.2, 0.25) is 0 Å². The molecule has 1 aliphatic rings. The van der Waals surface area contributed by atoms with E-state index in [-0.39, 0.29) is 11.2 Å². The third kappa shape index (κ3) is 2.76. The van der Waals surface area contributed by atoms with E-state index < -0.39 is 0 Å². The molecule has 2 nitrogen and oxygen atoms in total. The molecule has 16 heavy (non-hydrogen) atoms. The second-order valence-corrected chi connectivity index (χ2v) is 5.64. The summed E-state index contributed by atoms with van der Waals surface area (Å²) in [6.07, 6.45) is 0. The number of para-hydroxylation sites is 1. The number of aliphatic imine (C=N–C) groups is 1. The Kier molecular flexibility index (Phi) is 3.19. The molecule has 0 amide bonds. The Hall–Kier alpha value is -1.03. The van der Waals surface area contributed by atoms with Crippen LogP contribution in [0.5, 0.6) is 0 Å². The molecular formula is C12H15FN2S. The number of benzene rings is 1. The quantitative estimate of drug-likeness (QED) is 0.811. The largest absolute Gasteiger partial charge is 0.333 e. The standard InChI is InChI=1S/C12H15FN2S/c1-12(2)7-14-11(16-8-12)15-10-6-4-3-5-9(10)13/h3-6H,7-8H2,1-2H3,(H,14,15). The molecule has 0 spiro atoms. The van der Waals surface area contributed by atoms with Gasteiger partial charge in [0.25, 0.3) is 0 Å². The zero-order valence-electron chi connectivity index (χ0n) is 9.46. The number of anilines is 1. The van der Waals surface area contributed by atoms with E-state index in [0.29, 0.717) is 5.69 Å². The molecule has 1 heterocycles. The molecule has 0 radical (unpaired) electrons. The Labute approximate surface area is 99.3 Å². The Balaban J connectivity index is 2.07. The lowest BCUT2D eigenvalue weighted by atomic mass is 9.97. The molecule has 4 heteroatoms. The molecule has 0 bridgehead atoms. The molecule has 1 N–H and O–H groups in total. The maximum absolute atomic E-state index is 13.4. The van der Waals surface area contributed by atoms with Crippen LogP contribution < -0.4 is 5.32 Å². The number of halogens is 1. The van der Waals surface area contributed by atoms with Crippen LogP contribution in [-0.4, -0.2) is 17.5 Å². The van der Waals surface area contributed by atoms with Crippen LogP contribution in [0.15, 0.2) is 29.3 Å². The first-order valence-electron chi connectivity index (χ1n) is 5.26. The molecule has 1 aromatic rings. The van der Waals surface area contributed by atoms with Crippen LogP contribution in [0.4, 0.5) is 10.1 Å². The molecule has 0 unspecified atom stereocenters. The van der Waals surface area contributed by atoms with Crippen LogP contribution in [0, 0.1) is 11.2 Å². The summed E-state index contributed by atoms with van der Waals surface area (Å²) in [6.45, 7) is 5.16. The first kappa shape index (κ1) is 11.5. The van der Waals surface area contributed by atoms with E-state index in [1.807, 2.05) is 6.07 Å². The molecule has 0 aromatic heterocycles. The maximum atomic E-state index is 13.4. The molecule has 0 atom stereocenters. The van der Waals surface area contributed by atoms with Crippen molar-refractivity contribution in [2.24, 2.45) is 10.4 Å². The Bertz CT molecular complexity index is 415. The van der Waals surface area contributed by atoms with Gasteiger partial charge in [0.05, 0.1) is 5.69 Å².